The Bertz CT molecular complexity index is 294. The topological polar surface area (TPSA) is 37.4 Å². The van der Waals surface area contributed by atoms with Crippen molar-refractivity contribution in [3.63, 3.8) is 0 Å². The van der Waals surface area contributed by atoms with Gasteiger partial charge in [-0.25, -0.2) is 0 Å². The number of likely N-dealkylation sites (N-methyl/N-ethyl adjacent to an activating group) is 1. The molecule has 3 heteroatoms. The first-order valence-corrected chi connectivity index (χ1v) is 6.24. The molecule has 0 atom stereocenters. The summed E-state index contributed by atoms with van der Waals surface area (Å²) in [6.07, 6.45) is 7.97. The fourth-order valence-electron chi connectivity index (χ4n) is 1.95. The monoisotopic (exact) mass is 223 g/mol. The fraction of sp³-hybridized carbons (Fsp3) is 0.692. The third kappa shape index (κ3) is 3.19. The molecule has 1 saturated heterocycles. The third-order valence-corrected chi connectivity index (χ3v) is 2.93. The molecule has 3 nitrogen and oxygen atoms in total. The lowest BCUT2D eigenvalue weighted by atomic mass is 10.1. The smallest absolute Gasteiger partial charge is 0.256 e. The summed E-state index contributed by atoms with van der Waals surface area (Å²) < 4.78 is 0. The van der Waals surface area contributed by atoms with Gasteiger partial charge in [-0.3, -0.25) is 14.5 Å². The molecule has 90 valence electrons. The molecule has 0 aliphatic carbocycles. The number of allylic oxidation sites excluding steroid dienone is 1. The number of nitrogens with zero attached hydrogens (tertiary/aromatic N) is 1. The van der Waals surface area contributed by atoms with Crippen LogP contribution in [-0.4, -0.2) is 23.3 Å². The van der Waals surface area contributed by atoms with Crippen LogP contribution in [0.4, 0.5) is 0 Å². The Labute approximate surface area is 97.5 Å². The minimum atomic E-state index is -0.0806. The van der Waals surface area contributed by atoms with Crippen LogP contribution in [0, 0.1) is 0 Å². The first kappa shape index (κ1) is 12.9. The van der Waals surface area contributed by atoms with Gasteiger partial charge in [0.15, 0.2) is 0 Å². The number of rotatable bonds is 6. The Morgan fingerprint density at radius 2 is 1.94 bits per heavy atom. The van der Waals surface area contributed by atoms with E-state index in [2.05, 4.69) is 6.92 Å². The molecule has 16 heavy (non-hydrogen) atoms. The van der Waals surface area contributed by atoms with Crippen LogP contribution in [-0.2, 0) is 9.59 Å². The van der Waals surface area contributed by atoms with Gasteiger partial charge >= 0.3 is 0 Å². The molecule has 0 saturated carbocycles. The van der Waals surface area contributed by atoms with Gasteiger partial charge in [0.05, 0.1) is 6.42 Å². The van der Waals surface area contributed by atoms with Crippen LogP contribution < -0.4 is 0 Å². The number of likely N-dealkylation sites (tertiary alicyclic amines) is 1. The van der Waals surface area contributed by atoms with E-state index in [1.54, 1.807) is 0 Å². The van der Waals surface area contributed by atoms with E-state index in [1.165, 1.54) is 24.2 Å². The summed E-state index contributed by atoms with van der Waals surface area (Å²) in [7, 11) is 0. The van der Waals surface area contributed by atoms with Crippen molar-refractivity contribution in [3.8, 4) is 0 Å². The minimum Gasteiger partial charge on any atom is -0.279 e. The molecule has 0 aromatic rings. The molecule has 2 amide bonds. The predicted octanol–water partition coefficient (Wildman–Crippen LogP) is 2.66. The van der Waals surface area contributed by atoms with Gasteiger partial charge in [0.25, 0.3) is 5.91 Å². The molecule has 1 aliphatic heterocycles. The lowest BCUT2D eigenvalue weighted by Crippen LogP contribution is -2.28. The van der Waals surface area contributed by atoms with E-state index in [1.807, 2.05) is 13.0 Å². The first-order chi connectivity index (χ1) is 7.70. The van der Waals surface area contributed by atoms with Crippen molar-refractivity contribution in [2.75, 3.05) is 6.54 Å². The molecule has 0 radical (unpaired) electrons. The lowest BCUT2D eigenvalue weighted by Gasteiger charge is -2.08. The Morgan fingerprint density at radius 3 is 2.50 bits per heavy atom. The summed E-state index contributed by atoms with van der Waals surface area (Å²) in [6, 6.07) is 0. The van der Waals surface area contributed by atoms with Crippen molar-refractivity contribution < 1.29 is 9.59 Å². The van der Waals surface area contributed by atoms with Gasteiger partial charge in [-0.15, -0.1) is 0 Å². The van der Waals surface area contributed by atoms with E-state index in [9.17, 15) is 9.59 Å². The van der Waals surface area contributed by atoms with Gasteiger partial charge < -0.3 is 0 Å². The number of hydrogen-bond donors (Lipinski definition) is 0. The largest absolute Gasteiger partial charge is 0.279 e. The van der Waals surface area contributed by atoms with E-state index in [0.29, 0.717) is 18.5 Å². The molecular weight excluding hydrogens is 202 g/mol. The predicted molar refractivity (Wildman–Crippen MR) is 63.9 cm³/mol. The van der Waals surface area contributed by atoms with Gasteiger partial charge in [-0.2, -0.15) is 0 Å². The van der Waals surface area contributed by atoms with E-state index in [0.717, 1.165) is 12.8 Å². The summed E-state index contributed by atoms with van der Waals surface area (Å²) in [5, 5.41) is 0. The molecule has 0 N–H and O–H groups in total. The highest BCUT2D eigenvalue weighted by molar-refractivity contribution is 6.13. The summed E-state index contributed by atoms with van der Waals surface area (Å²) in [4.78, 5) is 24.5. The van der Waals surface area contributed by atoms with Crippen molar-refractivity contribution in [1.29, 1.82) is 0 Å². The van der Waals surface area contributed by atoms with Crippen molar-refractivity contribution in [2.24, 2.45) is 0 Å². The van der Waals surface area contributed by atoms with Crippen LogP contribution in [0.1, 0.15) is 52.4 Å². The number of carbonyl (C=O) groups is 2. The van der Waals surface area contributed by atoms with Gasteiger partial charge in [0, 0.05) is 12.1 Å². The third-order valence-electron chi connectivity index (χ3n) is 2.93. The fourth-order valence-corrected chi connectivity index (χ4v) is 1.95. The number of unbranched alkanes of at least 4 members (excludes halogenated alkanes) is 4. The van der Waals surface area contributed by atoms with Crippen LogP contribution >= 0.6 is 0 Å². The number of amides is 2. The zero-order chi connectivity index (χ0) is 12.0. The highest BCUT2D eigenvalue weighted by Crippen LogP contribution is 2.19. The quantitative estimate of drug-likeness (QED) is 0.394. The summed E-state index contributed by atoms with van der Waals surface area (Å²) in [5.41, 5.74) is 0.698. The minimum absolute atomic E-state index is 0.0488. The molecule has 0 spiro atoms. The summed E-state index contributed by atoms with van der Waals surface area (Å²) in [5.74, 6) is -0.129. The van der Waals surface area contributed by atoms with Crippen molar-refractivity contribution in [2.45, 2.75) is 52.4 Å². The van der Waals surface area contributed by atoms with E-state index in [4.69, 9.17) is 0 Å². The molecule has 0 unspecified atom stereocenters. The molecule has 1 heterocycles. The maximum Gasteiger partial charge on any atom is 0.256 e. The molecule has 0 aromatic carbocycles. The standard InChI is InChI=1S/C13H21NO2/c1-3-5-6-7-8-9-11-10-12(15)14(4-2)13(11)16/h9H,3-8,10H2,1-2H3. The molecular formula is C13H21NO2. The first-order valence-electron chi connectivity index (χ1n) is 6.24. The second-order valence-corrected chi connectivity index (χ2v) is 4.20. The maximum atomic E-state index is 11.7. The van der Waals surface area contributed by atoms with Crippen LogP contribution in [0.15, 0.2) is 11.6 Å². The zero-order valence-corrected chi connectivity index (χ0v) is 10.3. The normalized spacial score (nSPS) is 18.9. The molecule has 1 rings (SSSR count). The summed E-state index contributed by atoms with van der Waals surface area (Å²) >= 11 is 0. The average Bonchev–Trinajstić information content (AvgIpc) is 2.53. The van der Waals surface area contributed by atoms with E-state index in [-0.39, 0.29) is 11.8 Å². The summed E-state index contributed by atoms with van der Waals surface area (Å²) in [6.45, 7) is 4.50. The highest BCUT2D eigenvalue weighted by Gasteiger charge is 2.31. The molecule has 1 aliphatic rings. The van der Waals surface area contributed by atoms with E-state index < -0.39 is 0 Å². The lowest BCUT2D eigenvalue weighted by molar-refractivity contribution is -0.137. The van der Waals surface area contributed by atoms with Gasteiger partial charge in [-0.05, 0) is 19.8 Å². The van der Waals surface area contributed by atoms with Crippen LogP contribution in [0.5, 0.6) is 0 Å². The average molecular weight is 223 g/mol. The number of carbonyl (C=O) groups excluding carboxylic acids is 2. The number of hydrogen-bond acceptors (Lipinski definition) is 2. The maximum absolute atomic E-state index is 11.7. The van der Waals surface area contributed by atoms with Crippen molar-refractivity contribution in [3.05, 3.63) is 11.6 Å². The van der Waals surface area contributed by atoms with Crippen LogP contribution in [0.25, 0.3) is 0 Å². The highest BCUT2D eigenvalue weighted by atomic mass is 16.2. The van der Waals surface area contributed by atoms with Gasteiger partial charge in [0.1, 0.15) is 0 Å². The van der Waals surface area contributed by atoms with E-state index >= 15 is 0 Å². The van der Waals surface area contributed by atoms with Gasteiger partial charge in [0.2, 0.25) is 5.91 Å². The molecule has 1 fully saturated rings. The van der Waals surface area contributed by atoms with Crippen molar-refractivity contribution in [1.82, 2.24) is 4.90 Å². The van der Waals surface area contributed by atoms with Crippen LogP contribution in [0.3, 0.4) is 0 Å². The molecule has 0 aromatic heterocycles. The van der Waals surface area contributed by atoms with Gasteiger partial charge in [-0.1, -0.05) is 32.3 Å². The Balaban J connectivity index is 2.40. The van der Waals surface area contributed by atoms with Crippen LogP contribution in [0.2, 0.25) is 0 Å². The Kier molecular flexibility index (Phi) is 5.23. The second kappa shape index (κ2) is 6.46. The molecule has 0 bridgehead atoms. The van der Waals surface area contributed by atoms with Crippen molar-refractivity contribution >= 4 is 11.8 Å². The number of imide groups is 1. The SMILES string of the molecule is CCCCCCC=C1CC(=O)N(CC)C1=O. The Hall–Kier alpha value is -1.12. The second-order valence-electron chi connectivity index (χ2n) is 4.20. The zero-order valence-electron chi connectivity index (χ0n) is 10.3. The Morgan fingerprint density at radius 1 is 1.19 bits per heavy atom.